The van der Waals surface area contributed by atoms with Gasteiger partial charge in [-0.2, -0.15) is 17.5 Å². The molecule has 1 amide bonds. The maximum absolute atomic E-state index is 13.2. The molecule has 0 unspecified atom stereocenters. The highest BCUT2D eigenvalue weighted by Gasteiger charge is 2.32. The Hall–Kier alpha value is -3.44. The third kappa shape index (κ3) is 4.93. The third-order valence-electron chi connectivity index (χ3n) is 6.45. The summed E-state index contributed by atoms with van der Waals surface area (Å²) in [6, 6.07) is 14.5. The molecule has 0 aliphatic carbocycles. The first-order valence-corrected chi connectivity index (χ1v) is 12.9. The van der Waals surface area contributed by atoms with Crippen molar-refractivity contribution >= 4 is 27.4 Å². The number of halogens is 3. The summed E-state index contributed by atoms with van der Waals surface area (Å²) in [5.74, 6) is 0.282. The summed E-state index contributed by atoms with van der Waals surface area (Å²) in [5.41, 5.74) is 2.65. The Morgan fingerprint density at radius 3 is 2.31 bits per heavy atom. The molecule has 188 valence electrons. The molecule has 2 aromatic carbocycles. The Morgan fingerprint density at radius 2 is 1.67 bits per heavy atom. The quantitative estimate of drug-likeness (QED) is 0.520. The number of pyridine rings is 1. The lowest BCUT2D eigenvalue weighted by Gasteiger charge is -2.32. The lowest BCUT2D eigenvalue weighted by atomic mass is 10.0. The molecular formula is C25H23F3N4O3S. The van der Waals surface area contributed by atoms with Gasteiger partial charge in [-0.1, -0.05) is 18.2 Å². The van der Waals surface area contributed by atoms with E-state index in [2.05, 4.69) is 15.6 Å². The smallest absolute Gasteiger partial charge is 0.367 e. The molecule has 36 heavy (non-hydrogen) atoms. The Kier molecular flexibility index (Phi) is 6.21. The van der Waals surface area contributed by atoms with Crippen molar-refractivity contribution in [2.45, 2.75) is 36.4 Å². The second-order valence-electron chi connectivity index (χ2n) is 8.87. The third-order valence-corrected chi connectivity index (χ3v) is 8.37. The Labute approximate surface area is 206 Å². The minimum atomic E-state index is -4.44. The van der Waals surface area contributed by atoms with Crippen molar-refractivity contribution in [1.29, 1.82) is 0 Å². The molecular weight excluding hydrogens is 493 g/mol. The topological polar surface area (TPSA) is 91.4 Å². The normalized spacial score (nSPS) is 17.0. The highest BCUT2D eigenvalue weighted by molar-refractivity contribution is 7.89. The van der Waals surface area contributed by atoms with Gasteiger partial charge in [0.25, 0.3) is 0 Å². The largest absolute Gasteiger partial charge is 0.417 e. The van der Waals surface area contributed by atoms with Crippen molar-refractivity contribution < 1.29 is 26.4 Å². The zero-order chi connectivity index (χ0) is 25.5. The van der Waals surface area contributed by atoms with Crippen LogP contribution in [0.2, 0.25) is 0 Å². The molecule has 11 heteroatoms. The van der Waals surface area contributed by atoms with Gasteiger partial charge in [-0.05, 0) is 65.9 Å². The van der Waals surface area contributed by atoms with E-state index in [0.717, 1.165) is 34.6 Å². The first-order valence-electron chi connectivity index (χ1n) is 11.4. The van der Waals surface area contributed by atoms with E-state index in [1.807, 2.05) is 18.2 Å². The summed E-state index contributed by atoms with van der Waals surface area (Å²) in [6.45, 7) is 0.572. The minimum Gasteiger partial charge on any atom is -0.367 e. The Balaban J connectivity index is 1.21. The molecule has 0 spiro atoms. The maximum atomic E-state index is 13.2. The standard InChI is InChI=1S/C25H23F3N4O3S/c26-25(27,28)19-4-8-23(29-15-19)30-20-9-11-32(12-10-20)36(34,35)21-5-1-16(2-6-21)17-3-7-22-18(13-17)14-24(33)31-22/h1-8,13,15,20H,9-12,14H2,(H,29,30)(H,31,33). The average Bonchev–Trinajstić information content (AvgIpc) is 3.23. The number of hydrogen-bond donors (Lipinski definition) is 2. The summed E-state index contributed by atoms with van der Waals surface area (Å²) in [4.78, 5) is 15.6. The van der Waals surface area contributed by atoms with Crippen LogP contribution in [-0.4, -0.2) is 42.7 Å². The fourth-order valence-electron chi connectivity index (χ4n) is 4.47. The Bertz CT molecular complexity index is 1380. The van der Waals surface area contributed by atoms with Crippen LogP contribution in [0.4, 0.5) is 24.7 Å². The number of aromatic nitrogens is 1. The molecule has 0 saturated carbocycles. The van der Waals surface area contributed by atoms with Crippen molar-refractivity contribution in [2.24, 2.45) is 0 Å². The number of anilines is 2. The van der Waals surface area contributed by atoms with Gasteiger partial charge in [0, 0.05) is 31.0 Å². The van der Waals surface area contributed by atoms with Crippen LogP contribution in [-0.2, 0) is 27.4 Å². The van der Waals surface area contributed by atoms with Crippen LogP contribution in [0.3, 0.4) is 0 Å². The number of sulfonamides is 1. The lowest BCUT2D eigenvalue weighted by molar-refractivity contribution is -0.137. The summed E-state index contributed by atoms with van der Waals surface area (Å²) in [6.07, 6.45) is -2.33. The molecule has 2 N–H and O–H groups in total. The first-order chi connectivity index (χ1) is 17.1. The number of carbonyl (C=O) groups is 1. The van der Waals surface area contributed by atoms with Gasteiger partial charge in [0.2, 0.25) is 15.9 Å². The van der Waals surface area contributed by atoms with Crippen LogP contribution in [0, 0.1) is 0 Å². The van der Waals surface area contributed by atoms with Gasteiger partial charge < -0.3 is 10.6 Å². The van der Waals surface area contributed by atoms with Crippen LogP contribution in [0.1, 0.15) is 24.0 Å². The van der Waals surface area contributed by atoms with Crippen molar-refractivity contribution in [3.63, 3.8) is 0 Å². The van der Waals surface area contributed by atoms with E-state index in [4.69, 9.17) is 0 Å². The molecule has 3 aromatic rings. The number of benzene rings is 2. The predicted octanol–water partition coefficient (Wildman–Crippen LogP) is 4.53. The van der Waals surface area contributed by atoms with Crippen molar-refractivity contribution in [2.75, 3.05) is 23.7 Å². The molecule has 2 aliphatic heterocycles. The fourth-order valence-corrected chi connectivity index (χ4v) is 5.94. The molecule has 1 fully saturated rings. The molecule has 2 aliphatic rings. The van der Waals surface area contributed by atoms with Gasteiger partial charge in [-0.3, -0.25) is 4.79 Å². The van der Waals surface area contributed by atoms with Crippen LogP contribution in [0.5, 0.6) is 0 Å². The zero-order valence-electron chi connectivity index (χ0n) is 19.0. The monoisotopic (exact) mass is 516 g/mol. The van der Waals surface area contributed by atoms with Crippen molar-refractivity contribution in [1.82, 2.24) is 9.29 Å². The highest BCUT2D eigenvalue weighted by atomic mass is 32.2. The minimum absolute atomic E-state index is 0.0433. The van der Waals surface area contributed by atoms with E-state index in [1.165, 1.54) is 10.4 Å². The van der Waals surface area contributed by atoms with Crippen LogP contribution in [0.15, 0.2) is 65.7 Å². The van der Waals surface area contributed by atoms with Gasteiger partial charge in [0.15, 0.2) is 0 Å². The average molecular weight is 517 g/mol. The SMILES string of the molecule is O=C1Cc2cc(-c3ccc(S(=O)(=O)N4CCC(Nc5ccc(C(F)(F)F)cn5)CC4)cc3)ccc2N1. The lowest BCUT2D eigenvalue weighted by Crippen LogP contribution is -2.42. The van der Waals surface area contributed by atoms with Gasteiger partial charge in [0.05, 0.1) is 16.9 Å². The fraction of sp³-hybridized carbons (Fsp3) is 0.280. The summed E-state index contributed by atoms with van der Waals surface area (Å²) < 4.78 is 65.9. The number of nitrogens with one attached hydrogen (secondary N) is 2. The summed E-state index contributed by atoms with van der Waals surface area (Å²) in [5, 5.41) is 5.88. The van der Waals surface area contributed by atoms with Gasteiger partial charge in [0.1, 0.15) is 5.82 Å². The molecule has 5 rings (SSSR count). The van der Waals surface area contributed by atoms with E-state index in [1.54, 1.807) is 24.3 Å². The number of piperidine rings is 1. The first kappa shape index (κ1) is 24.3. The second kappa shape index (κ2) is 9.21. The van der Waals surface area contributed by atoms with Crippen LogP contribution < -0.4 is 10.6 Å². The number of hydrogen-bond acceptors (Lipinski definition) is 5. The molecule has 0 radical (unpaired) electrons. The number of rotatable bonds is 5. The highest BCUT2D eigenvalue weighted by Crippen LogP contribution is 2.31. The molecule has 0 atom stereocenters. The van der Waals surface area contributed by atoms with Crippen molar-refractivity contribution in [3.05, 3.63) is 71.9 Å². The number of carbonyl (C=O) groups excluding carboxylic acids is 1. The number of fused-ring (bicyclic) bond motifs is 1. The van der Waals surface area contributed by atoms with E-state index < -0.39 is 21.8 Å². The van der Waals surface area contributed by atoms with Gasteiger partial charge >= 0.3 is 6.18 Å². The van der Waals surface area contributed by atoms with Crippen LogP contribution in [0.25, 0.3) is 11.1 Å². The number of nitrogens with zero attached hydrogens (tertiary/aromatic N) is 2. The summed E-state index contributed by atoms with van der Waals surface area (Å²) in [7, 11) is -3.69. The molecule has 1 aromatic heterocycles. The number of amides is 1. The predicted molar refractivity (Wildman–Crippen MR) is 129 cm³/mol. The van der Waals surface area contributed by atoms with Crippen LogP contribution >= 0.6 is 0 Å². The Morgan fingerprint density at radius 1 is 0.972 bits per heavy atom. The van der Waals surface area contributed by atoms with Crippen molar-refractivity contribution in [3.8, 4) is 11.1 Å². The molecule has 0 bridgehead atoms. The van der Waals surface area contributed by atoms with E-state index >= 15 is 0 Å². The van der Waals surface area contributed by atoms with E-state index in [9.17, 15) is 26.4 Å². The van der Waals surface area contributed by atoms with E-state index in [-0.39, 0.29) is 29.9 Å². The maximum Gasteiger partial charge on any atom is 0.417 e. The summed E-state index contributed by atoms with van der Waals surface area (Å²) >= 11 is 0. The van der Waals surface area contributed by atoms with Gasteiger partial charge in [-0.15, -0.1) is 0 Å². The molecule has 3 heterocycles. The molecule has 1 saturated heterocycles. The molecule has 7 nitrogen and oxygen atoms in total. The number of alkyl halides is 3. The second-order valence-corrected chi connectivity index (χ2v) is 10.8. The zero-order valence-corrected chi connectivity index (χ0v) is 19.9. The van der Waals surface area contributed by atoms with E-state index in [0.29, 0.717) is 25.1 Å². The van der Waals surface area contributed by atoms with Gasteiger partial charge in [-0.25, -0.2) is 13.4 Å².